The van der Waals surface area contributed by atoms with Gasteiger partial charge in [-0.05, 0) is 62.4 Å². The van der Waals surface area contributed by atoms with Crippen LogP contribution in [0.5, 0.6) is 11.5 Å². The molecule has 0 aliphatic rings. The number of ether oxygens (including phenoxy) is 3. The van der Waals surface area contributed by atoms with Gasteiger partial charge in [0.15, 0.2) is 5.71 Å². The highest BCUT2D eigenvalue weighted by Gasteiger charge is 2.17. The van der Waals surface area contributed by atoms with Crippen LogP contribution in [0.15, 0.2) is 53.5 Å². The molecule has 5 nitrogen and oxygen atoms in total. The molecule has 0 amide bonds. The minimum Gasteiger partial charge on any atom is -0.497 e. The van der Waals surface area contributed by atoms with Crippen LogP contribution in [0.3, 0.4) is 0 Å². The second-order valence-electron chi connectivity index (χ2n) is 5.34. The van der Waals surface area contributed by atoms with E-state index in [0.717, 1.165) is 5.75 Å². The van der Waals surface area contributed by atoms with Crippen molar-refractivity contribution in [3.63, 3.8) is 0 Å². The summed E-state index contributed by atoms with van der Waals surface area (Å²) >= 11 is 0. The van der Waals surface area contributed by atoms with Gasteiger partial charge in [-0.25, -0.2) is 9.79 Å². The number of carbonyl (C=O) groups excluding carboxylic acids is 1. The molecule has 0 saturated carbocycles. The molecule has 0 heterocycles. The minimum absolute atomic E-state index is 0.225. The first-order valence-electron chi connectivity index (χ1n) is 7.61. The molecule has 0 aliphatic heterocycles. The van der Waals surface area contributed by atoms with Crippen LogP contribution in [0.1, 0.15) is 19.4 Å². The molecule has 5 heteroatoms. The van der Waals surface area contributed by atoms with E-state index in [4.69, 9.17) is 14.2 Å². The monoisotopic (exact) mass is 327 g/mol. The smallest absolute Gasteiger partial charge is 0.357 e. The van der Waals surface area contributed by atoms with Crippen molar-refractivity contribution in [2.75, 3.05) is 14.2 Å². The molecule has 2 aromatic carbocycles. The maximum atomic E-state index is 12.4. The van der Waals surface area contributed by atoms with Gasteiger partial charge in [0.2, 0.25) is 0 Å². The van der Waals surface area contributed by atoms with Crippen molar-refractivity contribution < 1.29 is 19.0 Å². The Labute approximate surface area is 141 Å². The maximum absolute atomic E-state index is 12.4. The Morgan fingerprint density at radius 1 is 0.875 bits per heavy atom. The highest BCUT2D eigenvalue weighted by molar-refractivity contribution is 6.43. The van der Waals surface area contributed by atoms with E-state index in [1.54, 1.807) is 76.6 Å². The highest BCUT2D eigenvalue weighted by atomic mass is 16.5. The van der Waals surface area contributed by atoms with Crippen molar-refractivity contribution >= 4 is 17.4 Å². The maximum Gasteiger partial charge on any atom is 0.357 e. The number of benzene rings is 2. The Hall–Kier alpha value is -2.82. The Balaban J connectivity index is 2.40. The fourth-order valence-corrected chi connectivity index (χ4v) is 2.03. The molecule has 126 valence electrons. The van der Waals surface area contributed by atoms with Gasteiger partial charge in [0.25, 0.3) is 0 Å². The van der Waals surface area contributed by atoms with Gasteiger partial charge >= 0.3 is 5.97 Å². The second kappa shape index (κ2) is 8.15. The topological polar surface area (TPSA) is 57.1 Å². The highest BCUT2D eigenvalue weighted by Crippen LogP contribution is 2.20. The van der Waals surface area contributed by atoms with Crippen molar-refractivity contribution in [3.05, 3.63) is 54.1 Å². The van der Waals surface area contributed by atoms with Crippen molar-refractivity contribution in [2.45, 2.75) is 20.0 Å². The number of aliphatic imine (C=N–C) groups is 1. The van der Waals surface area contributed by atoms with E-state index in [1.165, 1.54) is 0 Å². The number of rotatable bonds is 6. The first-order chi connectivity index (χ1) is 11.5. The summed E-state index contributed by atoms with van der Waals surface area (Å²) in [5, 5.41) is 0. The van der Waals surface area contributed by atoms with Gasteiger partial charge in [-0.1, -0.05) is 0 Å². The summed E-state index contributed by atoms with van der Waals surface area (Å²) in [5.41, 5.74) is 1.55. The van der Waals surface area contributed by atoms with E-state index in [0.29, 0.717) is 17.0 Å². The summed E-state index contributed by atoms with van der Waals surface area (Å²) in [6, 6.07) is 14.3. The average Bonchev–Trinajstić information content (AvgIpc) is 2.59. The van der Waals surface area contributed by atoms with Gasteiger partial charge in [-0.3, -0.25) is 0 Å². The van der Waals surface area contributed by atoms with E-state index in [1.807, 2.05) is 0 Å². The lowest BCUT2D eigenvalue weighted by atomic mass is 10.1. The van der Waals surface area contributed by atoms with Crippen molar-refractivity contribution in [1.82, 2.24) is 0 Å². The quantitative estimate of drug-likeness (QED) is 0.598. The number of carbonyl (C=O) groups is 1. The minimum atomic E-state index is -0.467. The summed E-state index contributed by atoms with van der Waals surface area (Å²) in [4.78, 5) is 16.9. The van der Waals surface area contributed by atoms with Gasteiger partial charge < -0.3 is 14.2 Å². The van der Waals surface area contributed by atoms with Crippen molar-refractivity contribution in [3.8, 4) is 11.5 Å². The molecule has 24 heavy (non-hydrogen) atoms. The van der Waals surface area contributed by atoms with Crippen LogP contribution in [0.4, 0.5) is 5.69 Å². The SMILES string of the molecule is COc1ccc(N=C(C(=O)OC(C)C)c2ccc(OC)cc2)cc1. The normalized spacial score (nSPS) is 11.3. The third-order valence-electron chi connectivity index (χ3n) is 3.21. The average molecular weight is 327 g/mol. The molecule has 0 aliphatic carbocycles. The second-order valence-corrected chi connectivity index (χ2v) is 5.34. The number of methoxy groups -OCH3 is 2. The third-order valence-corrected chi connectivity index (χ3v) is 3.21. The van der Waals surface area contributed by atoms with Crippen LogP contribution >= 0.6 is 0 Å². The standard InChI is InChI=1S/C19H21NO4/c1-13(2)24-19(21)18(14-5-9-16(22-3)10-6-14)20-15-7-11-17(23-4)12-8-15/h5-13H,1-4H3. The summed E-state index contributed by atoms with van der Waals surface area (Å²) in [6.45, 7) is 3.61. The van der Waals surface area contributed by atoms with Gasteiger partial charge in [-0.15, -0.1) is 0 Å². The van der Waals surface area contributed by atoms with E-state index >= 15 is 0 Å². The van der Waals surface area contributed by atoms with E-state index in [2.05, 4.69) is 4.99 Å². The van der Waals surface area contributed by atoms with Crippen LogP contribution in [0.25, 0.3) is 0 Å². The number of esters is 1. The zero-order valence-corrected chi connectivity index (χ0v) is 14.3. The summed E-state index contributed by atoms with van der Waals surface area (Å²) in [7, 11) is 3.19. The lowest BCUT2D eigenvalue weighted by molar-refractivity contribution is -0.138. The summed E-state index contributed by atoms with van der Waals surface area (Å²) < 4.78 is 15.6. The predicted molar refractivity (Wildman–Crippen MR) is 93.4 cm³/mol. The molecule has 0 radical (unpaired) electrons. The number of hydrogen-bond donors (Lipinski definition) is 0. The van der Waals surface area contributed by atoms with Gasteiger partial charge in [-0.2, -0.15) is 0 Å². The molecule has 0 saturated heterocycles. The lowest BCUT2D eigenvalue weighted by Gasteiger charge is -2.11. The lowest BCUT2D eigenvalue weighted by Crippen LogP contribution is -2.22. The fraction of sp³-hybridized carbons (Fsp3) is 0.263. The van der Waals surface area contributed by atoms with Gasteiger partial charge in [0.05, 0.1) is 26.0 Å². The fourth-order valence-electron chi connectivity index (χ4n) is 2.03. The zero-order valence-electron chi connectivity index (χ0n) is 14.3. The first kappa shape index (κ1) is 17.5. The van der Waals surface area contributed by atoms with E-state index < -0.39 is 5.97 Å². The molecular weight excluding hydrogens is 306 g/mol. The third kappa shape index (κ3) is 4.59. The van der Waals surface area contributed by atoms with Crippen LogP contribution in [0, 0.1) is 0 Å². The van der Waals surface area contributed by atoms with Crippen molar-refractivity contribution in [2.24, 2.45) is 4.99 Å². The molecule has 0 N–H and O–H groups in total. The predicted octanol–water partition coefficient (Wildman–Crippen LogP) is 3.78. The molecular formula is C19H21NO4. The Bertz CT molecular complexity index is 703. The Morgan fingerprint density at radius 3 is 1.83 bits per heavy atom. The van der Waals surface area contributed by atoms with Crippen LogP contribution in [0.2, 0.25) is 0 Å². The zero-order chi connectivity index (χ0) is 17.5. The molecule has 2 rings (SSSR count). The molecule has 2 aromatic rings. The van der Waals surface area contributed by atoms with Crippen molar-refractivity contribution in [1.29, 1.82) is 0 Å². The molecule has 0 fully saturated rings. The van der Waals surface area contributed by atoms with E-state index in [9.17, 15) is 4.79 Å². The van der Waals surface area contributed by atoms with Gasteiger partial charge in [0.1, 0.15) is 11.5 Å². The van der Waals surface area contributed by atoms with Crippen LogP contribution in [-0.2, 0) is 9.53 Å². The summed E-state index contributed by atoms with van der Waals surface area (Å²) in [5.74, 6) is 0.968. The molecule has 0 bridgehead atoms. The van der Waals surface area contributed by atoms with Crippen LogP contribution < -0.4 is 9.47 Å². The first-order valence-corrected chi connectivity index (χ1v) is 7.61. The summed E-state index contributed by atoms with van der Waals surface area (Å²) in [6.07, 6.45) is -0.225. The molecule has 0 spiro atoms. The number of hydrogen-bond acceptors (Lipinski definition) is 5. The molecule has 0 unspecified atom stereocenters. The molecule has 0 atom stereocenters. The van der Waals surface area contributed by atoms with Crippen LogP contribution in [-0.4, -0.2) is 32.0 Å². The number of nitrogens with zero attached hydrogens (tertiary/aromatic N) is 1. The van der Waals surface area contributed by atoms with Gasteiger partial charge in [0, 0.05) is 5.56 Å². The largest absolute Gasteiger partial charge is 0.497 e. The Kier molecular flexibility index (Phi) is 5.95. The molecule has 0 aromatic heterocycles. The van der Waals surface area contributed by atoms with E-state index in [-0.39, 0.29) is 11.8 Å². The Morgan fingerprint density at radius 2 is 1.38 bits per heavy atom.